The summed E-state index contributed by atoms with van der Waals surface area (Å²) in [5.74, 6) is 1.91. The molecule has 0 aromatic carbocycles. The molecule has 2 heterocycles. The summed E-state index contributed by atoms with van der Waals surface area (Å²) in [5, 5.41) is 3.26. The fourth-order valence-electron chi connectivity index (χ4n) is 2.53. The summed E-state index contributed by atoms with van der Waals surface area (Å²) >= 11 is 0. The van der Waals surface area contributed by atoms with Crippen LogP contribution in [0.3, 0.4) is 0 Å². The highest BCUT2D eigenvalue weighted by Gasteiger charge is 2.29. The molecule has 1 aliphatic heterocycles. The number of nitrogens with one attached hydrogen (secondary N) is 1. The molecule has 2 rings (SSSR count). The van der Waals surface area contributed by atoms with Gasteiger partial charge in [0.25, 0.3) is 0 Å². The van der Waals surface area contributed by atoms with Crippen LogP contribution in [0.25, 0.3) is 0 Å². The van der Waals surface area contributed by atoms with Gasteiger partial charge in [0, 0.05) is 25.8 Å². The molecular weight excluding hydrogens is 228 g/mol. The summed E-state index contributed by atoms with van der Waals surface area (Å²) < 4.78 is 5.62. The van der Waals surface area contributed by atoms with Crippen LogP contribution in [0.1, 0.15) is 25.8 Å². The third-order valence-electron chi connectivity index (χ3n) is 3.57. The largest absolute Gasteiger partial charge is 0.376 e. The van der Waals surface area contributed by atoms with Gasteiger partial charge in [0.05, 0.1) is 12.1 Å². The molecule has 0 bridgehead atoms. The Bertz CT molecular complexity index is 410. The minimum absolute atomic E-state index is 0.256. The fourth-order valence-corrected chi connectivity index (χ4v) is 2.53. The lowest BCUT2D eigenvalue weighted by atomic mass is 10.1. The minimum atomic E-state index is 0.256. The van der Waals surface area contributed by atoms with Crippen molar-refractivity contribution in [3.63, 3.8) is 0 Å². The number of nitrogens with zero attached hydrogens (tertiary/aromatic N) is 3. The van der Waals surface area contributed by atoms with Crippen LogP contribution in [0.4, 0.5) is 11.6 Å². The van der Waals surface area contributed by atoms with E-state index in [0.29, 0.717) is 6.04 Å². The highest BCUT2D eigenvalue weighted by Crippen LogP contribution is 2.27. The van der Waals surface area contributed by atoms with Gasteiger partial charge >= 0.3 is 0 Å². The van der Waals surface area contributed by atoms with Crippen molar-refractivity contribution in [1.29, 1.82) is 0 Å². The lowest BCUT2D eigenvalue weighted by molar-refractivity contribution is 0.118. The molecule has 1 saturated heterocycles. The van der Waals surface area contributed by atoms with Gasteiger partial charge in [-0.2, -0.15) is 0 Å². The highest BCUT2D eigenvalue weighted by molar-refractivity contribution is 5.58. The zero-order chi connectivity index (χ0) is 13.1. The van der Waals surface area contributed by atoms with Crippen LogP contribution >= 0.6 is 0 Å². The van der Waals surface area contributed by atoms with Gasteiger partial charge < -0.3 is 15.0 Å². The van der Waals surface area contributed by atoms with E-state index in [9.17, 15) is 0 Å². The predicted octanol–water partition coefficient (Wildman–Crippen LogP) is 1.83. The van der Waals surface area contributed by atoms with E-state index in [4.69, 9.17) is 4.74 Å². The summed E-state index contributed by atoms with van der Waals surface area (Å²) in [5.41, 5.74) is 1.10. The summed E-state index contributed by atoms with van der Waals surface area (Å²) in [6.07, 6.45) is 2.93. The molecule has 1 aromatic heterocycles. The molecule has 1 aliphatic rings. The summed E-state index contributed by atoms with van der Waals surface area (Å²) in [4.78, 5) is 10.9. The molecule has 0 spiro atoms. The Labute approximate surface area is 109 Å². The third-order valence-corrected chi connectivity index (χ3v) is 3.57. The quantitative estimate of drug-likeness (QED) is 0.883. The van der Waals surface area contributed by atoms with E-state index in [0.717, 1.165) is 36.8 Å². The molecular formula is C13H22N4O. The highest BCUT2D eigenvalue weighted by atomic mass is 16.5. The lowest BCUT2D eigenvalue weighted by Crippen LogP contribution is -2.37. The van der Waals surface area contributed by atoms with Crippen molar-refractivity contribution in [3.8, 4) is 0 Å². The molecule has 1 aromatic rings. The number of hydrogen-bond donors (Lipinski definition) is 1. The maximum atomic E-state index is 5.62. The lowest BCUT2D eigenvalue weighted by Gasteiger charge is -2.29. The average molecular weight is 250 g/mol. The topological polar surface area (TPSA) is 50.3 Å². The molecule has 1 fully saturated rings. The molecule has 1 N–H and O–H groups in total. The molecule has 0 amide bonds. The second kappa shape index (κ2) is 5.52. The molecule has 5 heteroatoms. The van der Waals surface area contributed by atoms with E-state index in [1.807, 2.05) is 0 Å². The van der Waals surface area contributed by atoms with Gasteiger partial charge in [-0.05, 0) is 27.2 Å². The molecule has 0 aliphatic carbocycles. The van der Waals surface area contributed by atoms with Crippen LogP contribution in [0, 0.1) is 6.92 Å². The van der Waals surface area contributed by atoms with Gasteiger partial charge in [0.15, 0.2) is 0 Å². The SMILES string of the molecule is CCNc1ncnc(N(C)C2CCOC2C)c1C. The van der Waals surface area contributed by atoms with Crippen LogP contribution in [0.2, 0.25) is 0 Å². The van der Waals surface area contributed by atoms with Gasteiger partial charge in [0.1, 0.15) is 18.0 Å². The first-order chi connectivity index (χ1) is 8.65. The number of anilines is 2. The van der Waals surface area contributed by atoms with Gasteiger partial charge in [-0.3, -0.25) is 0 Å². The number of likely N-dealkylation sites (N-methyl/N-ethyl adjacent to an activating group) is 1. The van der Waals surface area contributed by atoms with Crippen molar-refractivity contribution in [2.75, 3.05) is 30.4 Å². The van der Waals surface area contributed by atoms with Crippen LogP contribution in [-0.4, -0.2) is 42.3 Å². The van der Waals surface area contributed by atoms with Crippen LogP contribution in [0.15, 0.2) is 6.33 Å². The van der Waals surface area contributed by atoms with Gasteiger partial charge in [-0.1, -0.05) is 0 Å². The summed E-state index contributed by atoms with van der Waals surface area (Å²) in [6.45, 7) is 7.95. The third kappa shape index (κ3) is 2.41. The molecule has 18 heavy (non-hydrogen) atoms. The zero-order valence-electron chi connectivity index (χ0n) is 11.6. The number of aromatic nitrogens is 2. The molecule has 5 nitrogen and oxygen atoms in total. The van der Waals surface area contributed by atoms with E-state index in [-0.39, 0.29) is 6.10 Å². The maximum absolute atomic E-state index is 5.62. The number of ether oxygens (including phenoxy) is 1. The monoisotopic (exact) mass is 250 g/mol. The van der Waals surface area contributed by atoms with E-state index in [1.54, 1.807) is 6.33 Å². The molecule has 0 saturated carbocycles. The Morgan fingerprint density at radius 3 is 2.89 bits per heavy atom. The Balaban J connectivity index is 2.24. The smallest absolute Gasteiger partial charge is 0.137 e. The Hall–Kier alpha value is -1.36. The van der Waals surface area contributed by atoms with Crippen molar-refractivity contribution >= 4 is 11.6 Å². The second-order valence-electron chi connectivity index (χ2n) is 4.74. The first-order valence-electron chi connectivity index (χ1n) is 6.55. The molecule has 0 radical (unpaired) electrons. The first-order valence-corrected chi connectivity index (χ1v) is 6.55. The second-order valence-corrected chi connectivity index (χ2v) is 4.74. The van der Waals surface area contributed by atoms with E-state index in [1.165, 1.54) is 0 Å². The summed E-state index contributed by atoms with van der Waals surface area (Å²) in [7, 11) is 2.08. The van der Waals surface area contributed by atoms with Crippen molar-refractivity contribution in [2.45, 2.75) is 39.3 Å². The molecule has 100 valence electrons. The van der Waals surface area contributed by atoms with Crippen LogP contribution in [-0.2, 0) is 4.74 Å². The van der Waals surface area contributed by atoms with Crippen LogP contribution < -0.4 is 10.2 Å². The number of hydrogen-bond acceptors (Lipinski definition) is 5. The van der Waals surface area contributed by atoms with E-state index < -0.39 is 0 Å². The molecule has 2 unspecified atom stereocenters. The van der Waals surface area contributed by atoms with Crippen molar-refractivity contribution in [2.24, 2.45) is 0 Å². The summed E-state index contributed by atoms with van der Waals surface area (Å²) in [6, 6.07) is 0.396. The minimum Gasteiger partial charge on any atom is -0.376 e. The van der Waals surface area contributed by atoms with E-state index in [2.05, 4.69) is 48.0 Å². The molecule has 2 atom stereocenters. The maximum Gasteiger partial charge on any atom is 0.137 e. The predicted molar refractivity (Wildman–Crippen MR) is 73.2 cm³/mol. The normalized spacial score (nSPS) is 23.1. The van der Waals surface area contributed by atoms with Crippen molar-refractivity contribution in [3.05, 3.63) is 11.9 Å². The Morgan fingerprint density at radius 1 is 1.50 bits per heavy atom. The average Bonchev–Trinajstić information content (AvgIpc) is 2.78. The van der Waals surface area contributed by atoms with Crippen LogP contribution in [0.5, 0.6) is 0 Å². The Kier molecular flexibility index (Phi) is 4.01. The van der Waals surface area contributed by atoms with Crippen molar-refractivity contribution in [1.82, 2.24) is 9.97 Å². The first kappa shape index (κ1) is 13.1. The zero-order valence-corrected chi connectivity index (χ0v) is 11.6. The standard InChI is InChI=1S/C13H22N4O/c1-5-14-12-9(2)13(16-8-15-12)17(4)11-6-7-18-10(11)3/h8,10-11H,5-7H2,1-4H3,(H,14,15,16). The van der Waals surface area contributed by atoms with E-state index >= 15 is 0 Å². The van der Waals surface area contributed by atoms with Gasteiger partial charge in [-0.25, -0.2) is 9.97 Å². The van der Waals surface area contributed by atoms with Gasteiger partial charge in [-0.15, -0.1) is 0 Å². The van der Waals surface area contributed by atoms with Crippen molar-refractivity contribution < 1.29 is 4.74 Å². The Morgan fingerprint density at radius 2 is 2.28 bits per heavy atom. The van der Waals surface area contributed by atoms with Gasteiger partial charge in [0.2, 0.25) is 0 Å². The number of rotatable bonds is 4. The fraction of sp³-hybridized carbons (Fsp3) is 0.692.